The Balaban J connectivity index is 1.92. The molecule has 1 aliphatic rings. The topological polar surface area (TPSA) is 76.4 Å². The summed E-state index contributed by atoms with van der Waals surface area (Å²) in [6.07, 6.45) is 2.21. The fourth-order valence-corrected chi connectivity index (χ4v) is 2.62. The fraction of sp³-hybridized carbons (Fsp3) is 0.467. The van der Waals surface area contributed by atoms with Gasteiger partial charge in [-0.25, -0.2) is 0 Å². The van der Waals surface area contributed by atoms with Crippen molar-refractivity contribution in [2.45, 2.75) is 12.8 Å². The van der Waals surface area contributed by atoms with Crippen molar-refractivity contribution in [3.63, 3.8) is 0 Å². The summed E-state index contributed by atoms with van der Waals surface area (Å²) < 4.78 is 0. The minimum atomic E-state index is -0.820. The summed E-state index contributed by atoms with van der Waals surface area (Å²) in [6.45, 7) is 2.63. The predicted molar refractivity (Wildman–Crippen MR) is 76.6 cm³/mol. The van der Waals surface area contributed by atoms with E-state index in [1.807, 2.05) is 18.2 Å². The highest BCUT2D eigenvalue weighted by atomic mass is 16.4. The van der Waals surface area contributed by atoms with Gasteiger partial charge >= 0.3 is 5.97 Å². The van der Waals surface area contributed by atoms with Gasteiger partial charge in [0.2, 0.25) is 0 Å². The van der Waals surface area contributed by atoms with Gasteiger partial charge in [-0.1, -0.05) is 6.07 Å². The summed E-state index contributed by atoms with van der Waals surface area (Å²) in [5, 5.41) is 20.5. The van der Waals surface area contributed by atoms with Crippen LogP contribution in [0.5, 0.6) is 0 Å². The second-order valence-electron chi connectivity index (χ2n) is 5.14. The highest BCUT2D eigenvalue weighted by molar-refractivity contribution is 5.68. The lowest BCUT2D eigenvalue weighted by Gasteiger charge is -2.34. The van der Waals surface area contributed by atoms with Crippen LogP contribution < -0.4 is 10.2 Å². The molecule has 2 N–H and O–H groups in total. The SMILES string of the molecule is N#Cc1cccc(N2CCCC(CNCC(=O)O)C2)c1. The number of anilines is 1. The van der Waals surface area contributed by atoms with Crippen LogP contribution in [0.3, 0.4) is 0 Å². The van der Waals surface area contributed by atoms with Gasteiger partial charge in [0.15, 0.2) is 0 Å². The molecule has 5 nitrogen and oxygen atoms in total. The van der Waals surface area contributed by atoms with Crippen LogP contribution in [-0.2, 0) is 4.79 Å². The van der Waals surface area contributed by atoms with E-state index < -0.39 is 5.97 Å². The summed E-state index contributed by atoms with van der Waals surface area (Å²) in [5.74, 6) is -0.367. The van der Waals surface area contributed by atoms with Gasteiger partial charge in [0.1, 0.15) is 0 Å². The van der Waals surface area contributed by atoms with E-state index in [0.717, 1.165) is 38.2 Å². The number of aliphatic carboxylic acids is 1. The molecule has 1 aliphatic heterocycles. The monoisotopic (exact) mass is 273 g/mol. The molecule has 0 aliphatic carbocycles. The van der Waals surface area contributed by atoms with Gasteiger partial charge in [-0.2, -0.15) is 5.26 Å². The van der Waals surface area contributed by atoms with E-state index in [-0.39, 0.29) is 6.54 Å². The van der Waals surface area contributed by atoms with Gasteiger partial charge in [-0.3, -0.25) is 4.79 Å². The number of nitriles is 1. The van der Waals surface area contributed by atoms with Crippen molar-refractivity contribution in [3.8, 4) is 6.07 Å². The lowest BCUT2D eigenvalue weighted by Crippen LogP contribution is -2.40. The number of nitrogens with zero attached hydrogens (tertiary/aromatic N) is 2. The third-order valence-corrected chi connectivity index (χ3v) is 3.57. The molecule has 1 heterocycles. The molecule has 1 unspecified atom stereocenters. The van der Waals surface area contributed by atoms with Crippen LogP contribution in [0.25, 0.3) is 0 Å². The van der Waals surface area contributed by atoms with E-state index in [4.69, 9.17) is 10.4 Å². The Labute approximate surface area is 118 Å². The Morgan fingerprint density at radius 3 is 3.15 bits per heavy atom. The number of hydrogen-bond acceptors (Lipinski definition) is 4. The van der Waals surface area contributed by atoms with Gasteiger partial charge in [-0.05, 0) is 37.0 Å². The van der Waals surface area contributed by atoms with Crippen molar-refractivity contribution < 1.29 is 9.90 Å². The van der Waals surface area contributed by atoms with Crippen LogP contribution in [0.2, 0.25) is 0 Å². The molecule has 1 aromatic rings. The Morgan fingerprint density at radius 1 is 1.55 bits per heavy atom. The van der Waals surface area contributed by atoms with Crippen LogP contribution in [0.4, 0.5) is 5.69 Å². The van der Waals surface area contributed by atoms with Gasteiger partial charge < -0.3 is 15.3 Å². The number of piperidine rings is 1. The van der Waals surface area contributed by atoms with Crippen LogP contribution in [0.1, 0.15) is 18.4 Å². The zero-order valence-corrected chi connectivity index (χ0v) is 11.4. The van der Waals surface area contributed by atoms with Crippen LogP contribution >= 0.6 is 0 Å². The molecular weight excluding hydrogens is 254 g/mol. The summed E-state index contributed by atoms with van der Waals surface area (Å²) in [5.41, 5.74) is 1.75. The molecule has 1 aromatic carbocycles. The average molecular weight is 273 g/mol. The van der Waals surface area contributed by atoms with E-state index in [2.05, 4.69) is 16.3 Å². The minimum absolute atomic E-state index is 0.0143. The fourth-order valence-electron chi connectivity index (χ4n) is 2.62. The standard InChI is InChI=1S/C15H19N3O2/c16-8-12-3-1-5-14(7-12)18-6-2-4-13(11-18)9-17-10-15(19)20/h1,3,5,7,13,17H,2,4,6,9-11H2,(H,19,20). The quantitative estimate of drug-likeness (QED) is 0.849. The summed E-state index contributed by atoms with van der Waals surface area (Å²) >= 11 is 0. The molecule has 2 rings (SSSR count). The Hall–Kier alpha value is -2.06. The molecule has 0 saturated carbocycles. The van der Waals surface area contributed by atoms with Crippen molar-refractivity contribution in [1.82, 2.24) is 5.32 Å². The van der Waals surface area contributed by atoms with Crippen molar-refractivity contribution >= 4 is 11.7 Å². The van der Waals surface area contributed by atoms with Crippen LogP contribution in [-0.4, -0.2) is 37.3 Å². The molecule has 0 radical (unpaired) electrons. The molecule has 0 aromatic heterocycles. The molecule has 0 bridgehead atoms. The van der Waals surface area contributed by atoms with Crippen molar-refractivity contribution in [1.29, 1.82) is 5.26 Å². The van der Waals surface area contributed by atoms with E-state index in [0.29, 0.717) is 11.5 Å². The van der Waals surface area contributed by atoms with Crippen molar-refractivity contribution in [2.24, 2.45) is 5.92 Å². The second kappa shape index (κ2) is 6.92. The normalized spacial score (nSPS) is 18.6. The molecule has 1 fully saturated rings. The maximum Gasteiger partial charge on any atom is 0.317 e. The average Bonchev–Trinajstić information content (AvgIpc) is 2.47. The maximum absolute atomic E-state index is 10.5. The van der Waals surface area contributed by atoms with Gasteiger partial charge in [0.05, 0.1) is 18.2 Å². The number of rotatable bonds is 5. The number of hydrogen-bond donors (Lipinski definition) is 2. The lowest BCUT2D eigenvalue weighted by atomic mass is 9.97. The van der Waals surface area contributed by atoms with E-state index in [1.165, 1.54) is 0 Å². The first-order valence-corrected chi connectivity index (χ1v) is 6.86. The van der Waals surface area contributed by atoms with Crippen molar-refractivity contribution in [2.75, 3.05) is 31.1 Å². The van der Waals surface area contributed by atoms with Gasteiger partial charge in [0.25, 0.3) is 0 Å². The molecule has 1 saturated heterocycles. The van der Waals surface area contributed by atoms with Crippen LogP contribution in [0, 0.1) is 17.2 Å². The zero-order chi connectivity index (χ0) is 14.4. The lowest BCUT2D eigenvalue weighted by molar-refractivity contribution is -0.136. The minimum Gasteiger partial charge on any atom is -0.480 e. The summed E-state index contributed by atoms with van der Waals surface area (Å²) in [6, 6.07) is 9.80. The highest BCUT2D eigenvalue weighted by Gasteiger charge is 2.20. The molecule has 0 amide bonds. The number of nitrogens with one attached hydrogen (secondary N) is 1. The number of carboxylic acid groups (broad SMARTS) is 1. The third-order valence-electron chi connectivity index (χ3n) is 3.57. The van der Waals surface area contributed by atoms with Gasteiger partial charge in [0, 0.05) is 25.3 Å². The summed E-state index contributed by atoms with van der Waals surface area (Å²) in [7, 11) is 0. The maximum atomic E-state index is 10.5. The molecule has 106 valence electrons. The van der Waals surface area contributed by atoms with E-state index in [9.17, 15) is 4.79 Å². The number of benzene rings is 1. The smallest absolute Gasteiger partial charge is 0.317 e. The third kappa shape index (κ3) is 3.97. The second-order valence-corrected chi connectivity index (χ2v) is 5.14. The zero-order valence-electron chi connectivity index (χ0n) is 11.4. The molecule has 20 heavy (non-hydrogen) atoms. The van der Waals surface area contributed by atoms with Gasteiger partial charge in [-0.15, -0.1) is 0 Å². The molecule has 1 atom stereocenters. The Morgan fingerprint density at radius 2 is 2.40 bits per heavy atom. The first kappa shape index (κ1) is 14.4. The Bertz CT molecular complexity index is 510. The van der Waals surface area contributed by atoms with E-state index in [1.54, 1.807) is 6.07 Å². The molecule has 0 spiro atoms. The highest BCUT2D eigenvalue weighted by Crippen LogP contribution is 2.23. The van der Waals surface area contributed by atoms with Crippen molar-refractivity contribution in [3.05, 3.63) is 29.8 Å². The number of carboxylic acids is 1. The van der Waals surface area contributed by atoms with E-state index >= 15 is 0 Å². The molecule has 5 heteroatoms. The first-order valence-electron chi connectivity index (χ1n) is 6.86. The Kier molecular flexibility index (Phi) is 4.97. The summed E-state index contributed by atoms with van der Waals surface area (Å²) in [4.78, 5) is 12.8. The largest absolute Gasteiger partial charge is 0.480 e. The van der Waals surface area contributed by atoms with Crippen LogP contribution in [0.15, 0.2) is 24.3 Å². The number of carbonyl (C=O) groups is 1. The predicted octanol–water partition coefficient (Wildman–Crippen LogP) is 1.45. The molecular formula is C15H19N3O2. The first-order chi connectivity index (χ1) is 9.69.